The van der Waals surface area contributed by atoms with Crippen molar-refractivity contribution in [1.29, 1.82) is 0 Å². The minimum atomic E-state index is 0.908. The Morgan fingerprint density at radius 3 is 3.00 bits per heavy atom. The van der Waals surface area contributed by atoms with E-state index in [1.165, 1.54) is 0 Å². The molecule has 3 aromatic heterocycles. The van der Waals surface area contributed by atoms with Gasteiger partial charge in [-0.3, -0.25) is 0 Å². The molecule has 0 fully saturated rings. The highest BCUT2D eigenvalue weighted by Gasteiger charge is 2.07. The predicted molar refractivity (Wildman–Crippen MR) is 63.1 cm³/mol. The monoisotopic (exact) mass is 212 g/mol. The van der Waals surface area contributed by atoms with E-state index in [1.807, 2.05) is 24.5 Å². The van der Waals surface area contributed by atoms with Gasteiger partial charge >= 0.3 is 0 Å². The molecular weight excluding hydrogens is 200 g/mol. The van der Waals surface area contributed by atoms with E-state index in [2.05, 4.69) is 26.9 Å². The fraction of sp³-hybridized carbons (Fsp3) is 0.167. The molecule has 0 spiro atoms. The van der Waals surface area contributed by atoms with E-state index < -0.39 is 0 Å². The number of aryl methyl sites for hydroxylation is 1. The molecule has 0 radical (unpaired) electrons. The van der Waals surface area contributed by atoms with Gasteiger partial charge in [-0.05, 0) is 12.1 Å². The van der Waals surface area contributed by atoms with E-state index in [1.54, 1.807) is 6.20 Å². The zero-order valence-corrected chi connectivity index (χ0v) is 8.99. The molecule has 0 aliphatic heterocycles. The number of imidazole rings is 1. The fourth-order valence-corrected chi connectivity index (χ4v) is 1.87. The summed E-state index contributed by atoms with van der Waals surface area (Å²) in [5.74, 6) is 1.01. The lowest BCUT2D eigenvalue weighted by Gasteiger charge is -1.98. The normalized spacial score (nSPS) is 11.1. The van der Waals surface area contributed by atoms with Crippen molar-refractivity contribution in [3.05, 3.63) is 36.5 Å². The number of pyridine rings is 1. The van der Waals surface area contributed by atoms with Crippen LogP contribution in [0.5, 0.6) is 0 Å². The summed E-state index contributed by atoms with van der Waals surface area (Å²) in [5, 5.41) is 1.12. The van der Waals surface area contributed by atoms with E-state index in [0.29, 0.717) is 0 Å². The van der Waals surface area contributed by atoms with Crippen molar-refractivity contribution in [1.82, 2.24) is 19.9 Å². The summed E-state index contributed by atoms with van der Waals surface area (Å²) in [7, 11) is 0. The number of aromatic amines is 2. The van der Waals surface area contributed by atoms with Crippen molar-refractivity contribution in [3.63, 3.8) is 0 Å². The molecule has 0 atom stereocenters. The molecule has 4 nitrogen and oxygen atoms in total. The largest absolute Gasteiger partial charge is 0.346 e. The van der Waals surface area contributed by atoms with Gasteiger partial charge in [-0.1, -0.05) is 6.92 Å². The quantitative estimate of drug-likeness (QED) is 0.685. The van der Waals surface area contributed by atoms with Crippen LogP contribution in [0, 0.1) is 0 Å². The minimum Gasteiger partial charge on any atom is -0.346 e. The molecule has 3 rings (SSSR count). The summed E-state index contributed by atoms with van der Waals surface area (Å²) in [5.41, 5.74) is 3.09. The first kappa shape index (κ1) is 9.15. The van der Waals surface area contributed by atoms with Crippen LogP contribution in [0.4, 0.5) is 0 Å². The Balaban J connectivity index is 2.21. The van der Waals surface area contributed by atoms with Crippen LogP contribution in [-0.4, -0.2) is 19.9 Å². The molecule has 2 N–H and O–H groups in total. The van der Waals surface area contributed by atoms with Gasteiger partial charge in [0.05, 0.1) is 11.9 Å². The van der Waals surface area contributed by atoms with Crippen LogP contribution in [0.2, 0.25) is 0 Å². The third kappa shape index (κ3) is 1.31. The molecule has 3 heterocycles. The van der Waals surface area contributed by atoms with Crippen LogP contribution in [0.25, 0.3) is 22.3 Å². The van der Waals surface area contributed by atoms with Crippen molar-refractivity contribution >= 4 is 11.0 Å². The second-order valence-corrected chi connectivity index (χ2v) is 3.70. The first-order valence-electron chi connectivity index (χ1n) is 5.35. The number of fused-ring (bicyclic) bond motifs is 1. The summed E-state index contributed by atoms with van der Waals surface area (Å²) in [4.78, 5) is 15.0. The van der Waals surface area contributed by atoms with Crippen LogP contribution >= 0.6 is 0 Å². The van der Waals surface area contributed by atoms with Gasteiger partial charge in [0, 0.05) is 29.8 Å². The average molecular weight is 212 g/mol. The minimum absolute atomic E-state index is 0.908. The van der Waals surface area contributed by atoms with E-state index in [-0.39, 0.29) is 0 Å². The Morgan fingerprint density at radius 2 is 2.19 bits per heavy atom. The summed E-state index contributed by atoms with van der Waals surface area (Å²) in [6.45, 7) is 2.08. The van der Waals surface area contributed by atoms with Crippen LogP contribution < -0.4 is 0 Å². The van der Waals surface area contributed by atoms with Gasteiger partial charge in [-0.2, -0.15) is 0 Å². The molecule has 16 heavy (non-hydrogen) atoms. The van der Waals surface area contributed by atoms with E-state index >= 15 is 0 Å². The second-order valence-electron chi connectivity index (χ2n) is 3.70. The number of nitrogens with zero attached hydrogens (tertiary/aromatic N) is 2. The average Bonchev–Trinajstić information content (AvgIpc) is 2.97. The van der Waals surface area contributed by atoms with Crippen LogP contribution in [-0.2, 0) is 6.42 Å². The van der Waals surface area contributed by atoms with Gasteiger partial charge in [-0.15, -0.1) is 0 Å². The Hall–Kier alpha value is -2.10. The SMILES string of the molecule is CCc1ncc(-c2ccnc3[nH]ccc23)[nH]1. The number of H-pyrrole nitrogens is 2. The standard InChI is InChI=1S/C12H12N4/c1-2-11-15-7-10(16-11)8-3-5-13-12-9(8)4-6-14-12/h3-7H,2H2,1H3,(H,13,14)(H,15,16). The van der Waals surface area contributed by atoms with Crippen molar-refractivity contribution in [2.75, 3.05) is 0 Å². The molecule has 4 heteroatoms. The third-order valence-electron chi connectivity index (χ3n) is 2.71. The van der Waals surface area contributed by atoms with Crippen molar-refractivity contribution in [2.24, 2.45) is 0 Å². The third-order valence-corrected chi connectivity index (χ3v) is 2.71. The van der Waals surface area contributed by atoms with E-state index in [0.717, 1.165) is 34.5 Å². The fourth-order valence-electron chi connectivity index (χ4n) is 1.87. The van der Waals surface area contributed by atoms with Gasteiger partial charge in [0.1, 0.15) is 11.5 Å². The molecule has 80 valence electrons. The lowest BCUT2D eigenvalue weighted by Crippen LogP contribution is -1.84. The molecule has 0 amide bonds. The maximum atomic E-state index is 4.32. The van der Waals surface area contributed by atoms with Gasteiger partial charge in [0.2, 0.25) is 0 Å². The topological polar surface area (TPSA) is 57.4 Å². The number of rotatable bonds is 2. The van der Waals surface area contributed by atoms with E-state index in [4.69, 9.17) is 0 Å². The zero-order valence-electron chi connectivity index (χ0n) is 8.99. The lowest BCUT2D eigenvalue weighted by atomic mass is 10.1. The number of hydrogen-bond donors (Lipinski definition) is 2. The van der Waals surface area contributed by atoms with Crippen molar-refractivity contribution < 1.29 is 0 Å². The maximum Gasteiger partial charge on any atom is 0.137 e. The van der Waals surface area contributed by atoms with Gasteiger partial charge in [0.15, 0.2) is 0 Å². The molecule has 0 saturated carbocycles. The van der Waals surface area contributed by atoms with Gasteiger partial charge < -0.3 is 9.97 Å². The van der Waals surface area contributed by atoms with Gasteiger partial charge in [-0.25, -0.2) is 9.97 Å². The van der Waals surface area contributed by atoms with Crippen molar-refractivity contribution in [2.45, 2.75) is 13.3 Å². The highest BCUT2D eigenvalue weighted by molar-refractivity contribution is 5.91. The highest BCUT2D eigenvalue weighted by Crippen LogP contribution is 2.25. The Labute approximate surface area is 92.8 Å². The molecule has 0 aliphatic carbocycles. The van der Waals surface area contributed by atoms with E-state index in [9.17, 15) is 0 Å². The molecule has 0 saturated heterocycles. The Bertz CT molecular complexity index is 621. The van der Waals surface area contributed by atoms with Crippen LogP contribution in [0.3, 0.4) is 0 Å². The molecule has 0 unspecified atom stereocenters. The van der Waals surface area contributed by atoms with Crippen LogP contribution in [0.15, 0.2) is 30.7 Å². The number of aromatic nitrogens is 4. The Morgan fingerprint density at radius 1 is 1.25 bits per heavy atom. The molecular formula is C12H12N4. The lowest BCUT2D eigenvalue weighted by molar-refractivity contribution is 0.991. The summed E-state index contributed by atoms with van der Waals surface area (Å²) < 4.78 is 0. The molecule has 0 aliphatic rings. The Kier molecular flexibility index (Phi) is 1.99. The summed E-state index contributed by atoms with van der Waals surface area (Å²) >= 11 is 0. The maximum absolute atomic E-state index is 4.32. The first-order valence-corrected chi connectivity index (χ1v) is 5.35. The van der Waals surface area contributed by atoms with Crippen molar-refractivity contribution in [3.8, 4) is 11.3 Å². The predicted octanol–water partition coefficient (Wildman–Crippen LogP) is 2.52. The van der Waals surface area contributed by atoms with Crippen LogP contribution in [0.1, 0.15) is 12.7 Å². The van der Waals surface area contributed by atoms with Gasteiger partial charge in [0.25, 0.3) is 0 Å². The summed E-state index contributed by atoms with van der Waals surface area (Å²) in [6, 6.07) is 4.03. The molecule has 0 aromatic carbocycles. The summed E-state index contributed by atoms with van der Waals surface area (Å²) in [6.07, 6.45) is 6.50. The molecule has 0 bridgehead atoms. The number of hydrogen-bond acceptors (Lipinski definition) is 2. The zero-order chi connectivity index (χ0) is 11.0. The number of nitrogens with one attached hydrogen (secondary N) is 2. The highest BCUT2D eigenvalue weighted by atomic mass is 14.9. The smallest absolute Gasteiger partial charge is 0.137 e. The first-order chi connectivity index (χ1) is 7.88. The molecule has 3 aromatic rings. The second kappa shape index (κ2) is 3.48.